The van der Waals surface area contributed by atoms with Crippen molar-refractivity contribution in [2.45, 2.75) is 33.6 Å². The SMILES string of the molecule is CCCc1sc(C=C2C(=O)Nc3nc(C)c(-c4ccncc4)cc32)cc1C. The summed E-state index contributed by atoms with van der Waals surface area (Å²) in [5.41, 5.74) is 5.80. The molecule has 0 aromatic carbocycles. The van der Waals surface area contributed by atoms with Gasteiger partial charge in [0.15, 0.2) is 0 Å². The molecule has 0 bridgehead atoms. The quantitative estimate of drug-likeness (QED) is 0.632. The molecule has 0 spiro atoms. The number of rotatable bonds is 4. The van der Waals surface area contributed by atoms with Gasteiger partial charge in [0, 0.05) is 39.0 Å². The summed E-state index contributed by atoms with van der Waals surface area (Å²) in [6.45, 7) is 6.29. The maximum Gasteiger partial charge on any atom is 0.257 e. The van der Waals surface area contributed by atoms with Crippen molar-refractivity contribution in [2.75, 3.05) is 5.32 Å². The van der Waals surface area contributed by atoms with Crippen molar-refractivity contribution in [1.29, 1.82) is 0 Å². The highest BCUT2D eigenvalue weighted by atomic mass is 32.1. The molecular formula is C22H21N3OS. The van der Waals surface area contributed by atoms with Gasteiger partial charge >= 0.3 is 0 Å². The molecule has 0 saturated heterocycles. The summed E-state index contributed by atoms with van der Waals surface area (Å²) < 4.78 is 0. The molecule has 0 atom stereocenters. The second-order valence-electron chi connectivity index (χ2n) is 6.77. The Labute approximate surface area is 163 Å². The molecule has 1 aliphatic heterocycles. The number of nitrogens with one attached hydrogen (secondary N) is 1. The Kier molecular flexibility index (Phi) is 4.62. The lowest BCUT2D eigenvalue weighted by Crippen LogP contribution is -2.04. The first-order chi connectivity index (χ1) is 13.1. The molecule has 0 radical (unpaired) electrons. The molecule has 1 aliphatic rings. The Morgan fingerprint density at radius 3 is 2.67 bits per heavy atom. The number of aromatic nitrogens is 2. The zero-order valence-electron chi connectivity index (χ0n) is 15.7. The third kappa shape index (κ3) is 3.30. The average Bonchev–Trinajstić information content (AvgIpc) is 3.15. The van der Waals surface area contributed by atoms with Crippen LogP contribution in [0.15, 0.2) is 36.7 Å². The summed E-state index contributed by atoms with van der Waals surface area (Å²) in [6, 6.07) is 8.15. The molecule has 0 unspecified atom stereocenters. The fourth-order valence-electron chi connectivity index (χ4n) is 3.40. The van der Waals surface area contributed by atoms with Gasteiger partial charge in [0.2, 0.25) is 0 Å². The van der Waals surface area contributed by atoms with Crippen molar-refractivity contribution in [2.24, 2.45) is 0 Å². The summed E-state index contributed by atoms with van der Waals surface area (Å²) in [6.07, 6.45) is 7.73. The molecule has 4 rings (SSSR count). The highest BCUT2D eigenvalue weighted by Gasteiger charge is 2.27. The van der Waals surface area contributed by atoms with E-state index in [0.29, 0.717) is 11.4 Å². The van der Waals surface area contributed by atoms with Gasteiger partial charge < -0.3 is 5.32 Å². The highest BCUT2D eigenvalue weighted by molar-refractivity contribution is 7.13. The van der Waals surface area contributed by atoms with Crippen LogP contribution >= 0.6 is 11.3 Å². The monoisotopic (exact) mass is 375 g/mol. The molecule has 3 aromatic heterocycles. The second kappa shape index (κ2) is 7.08. The van der Waals surface area contributed by atoms with Gasteiger partial charge in [0.25, 0.3) is 5.91 Å². The van der Waals surface area contributed by atoms with Crippen molar-refractivity contribution in [3.05, 3.63) is 63.2 Å². The number of pyridine rings is 2. The molecule has 27 heavy (non-hydrogen) atoms. The van der Waals surface area contributed by atoms with Gasteiger partial charge in [-0.2, -0.15) is 0 Å². The molecule has 1 N–H and O–H groups in total. The van der Waals surface area contributed by atoms with Crippen LogP contribution in [0.3, 0.4) is 0 Å². The maximum atomic E-state index is 12.6. The van der Waals surface area contributed by atoms with Crippen molar-refractivity contribution in [3.8, 4) is 11.1 Å². The number of hydrogen-bond acceptors (Lipinski definition) is 4. The van der Waals surface area contributed by atoms with Crippen molar-refractivity contribution in [1.82, 2.24) is 9.97 Å². The fourth-order valence-corrected chi connectivity index (χ4v) is 4.63. The number of anilines is 1. The number of fused-ring (bicyclic) bond motifs is 1. The topological polar surface area (TPSA) is 54.9 Å². The van der Waals surface area contributed by atoms with Crippen LogP contribution in [0.1, 0.15) is 39.9 Å². The van der Waals surface area contributed by atoms with E-state index in [9.17, 15) is 4.79 Å². The van der Waals surface area contributed by atoms with E-state index in [1.165, 1.54) is 10.4 Å². The van der Waals surface area contributed by atoms with Crippen LogP contribution in [0.5, 0.6) is 0 Å². The second-order valence-corrected chi connectivity index (χ2v) is 7.94. The number of carbonyl (C=O) groups is 1. The van der Waals surface area contributed by atoms with E-state index in [2.05, 4.69) is 41.3 Å². The van der Waals surface area contributed by atoms with Gasteiger partial charge in [-0.25, -0.2) is 4.98 Å². The number of thiophene rings is 1. The van der Waals surface area contributed by atoms with Crippen LogP contribution in [0.25, 0.3) is 22.8 Å². The number of nitrogens with zero attached hydrogens (tertiary/aromatic N) is 2. The molecular weight excluding hydrogens is 354 g/mol. The first-order valence-corrected chi connectivity index (χ1v) is 9.93. The molecule has 0 fully saturated rings. The first-order valence-electron chi connectivity index (χ1n) is 9.11. The van der Waals surface area contributed by atoms with E-state index in [4.69, 9.17) is 0 Å². The molecule has 4 nitrogen and oxygen atoms in total. The average molecular weight is 375 g/mol. The number of aryl methyl sites for hydroxylation is 3. The molecule has 0 aliphatic carbocycles. The largest absolute Gasteiger partial charge is 0.306 e. The minimum Gasteiger partial charge on any atom is -0.306 e. The Hall–Kier alpha value is -2.79. The number of hydrogen-bond donors (Lipinski definition) is 1. The molecule has 0 saturated carbocycles. The lowest BCUT2D eigenvalue weighted by atomic mass is 10.0. The van der Waals surface area contributed by atoms with Gasteiger partial charge in [-0.05, 0) is 61.7 Å². The lowest BCUT2D eigenvalue weighted by molar-refractivity contribution is -0.110. The Morgan fingerprint density at radius 1 is 1.15 bits per heavy atom. The third-order valence-electron chi connectivity index (χ3n) is 4.77. The van der Waals surface area contributed by atoms with Gasteiger partial charge in [-0.15, -0.1) is 11.3 Å². The van der Waals surface area contributed by atoms with Crippen molar-refractivity contribution in [3.63, 3.8) is 0 Å². The van der Waals surface area contributed by atoms with E-state index in [1.54, 1.807) is 23.7 Å². The minimum absolute atomic E-state index is 0.0909. The lowest BCUT2D eigenvalue weighted by Gasteiger charge is -2.08. The number of amides is 1. The van der Waals surface area contributed by atoms with Crippen molar-refractivity contribution >= 4 is 34.7 Å². The summed E-state index contributed by atoms with van der Waals surface area (Å²) in [4.78, 5) is 23.8. The fraction of sp³-hybridized carbons (Fsp3) is 0.227. The van der Waals surface area contributed by atoms with E-state index in [1.807, 2.05) is 25.1 Å². The first kappa shape index (κ1) is 17.6. The van der Waals surface area contributed by atoms with E-state index < -0.39 is 0 Å². The Balaban J connectivity index is 1.79. The van der Waals surface area contributed by atoms with Gasteiger partial charge in [-0.1, -0.05) is 13.3 Å². The van der Waals surface area contributed by atoms with Crippen LogP contribution in [0.2, 0.25) is 0 Å². The van der Waals surface area contributed by atoms with E-state index in [-0.39, 0.29) is 5.91 Å². The normalized spacial score (nSPS) is 14.5. The summed E-state index contributed by atoms with van der Waals surface area (Å²) >= 11 is 1.77. The predicted octanol–water partition coefficient (Wildman–Crippen LogP) is 5.27. The van der Waals surface area contributed by atoms with Crippen LogP contribution < -0.4 is 5.32 Å². The maximum absolute atomic E-state index is 12.6. The molecule has 136 valence electrons. The minimum atomic E-state index is -0.0909. The van der Waals surface area contributed by atoms with Gasteiger partial charge in [0.1, 0.15) is 5.82 Å². The number of carbonyl (C=O) groups excluding carboxylic acids is 1. The van der Waals surface area contributed by atoms with Gasteiger partial charge in [0.05, 0.1) is 5.57 Å². The van der Waals surface area contributed by atoms with Crippen molar-refractivity contribution < 1.29 is 4.79 Å². The summed E-state index contributed by atoms with van der Waals surface area (Å²) in [7, 11) is 0. The Morgan fingerprint density at radius 2 is 1.93 bits per heavy atom. The smallest absolute Gasteiger partial charge is 0.257 e. The molecule has 1 amide bonds. The zero-order chi connectivity index (χ0) is 19.0. The van der Waals surface area contributed by atoms with Crippen LogP contribution in [-0.4, -0.2) is 15.9 Å². The summed E-state index contributed by atoms with van der Waals surface area (Å²) in [5.74, 6) is 0.551. The van der Waals surface area contributed by atoms with Crippen LogP contribution in [0.4, 0.5) is 5.82 Å². The van der Waals surface area contributed by atoms with Crippen LogP contribution in [-0.2, 0) is 11.2 Å². The van der Waals surface area contributed by atoms with E-state index >= 15 is 0 Å². The third-order valence-corrected chi connectivity index (χ3v) is 6.02. The molecule has 5 heteroatoms. The highest BCUT2D eigenvalue weighted by Crippen LogP contribution is 2.37. The van der Waals surface area contributed by atoms with Gasteiger partial charge in [-0.3, -0.25) is 9.78 Å². The predicted molar refractivity (Wildman–Crippen MR) is 112 cm³/mol. The van der Waals surface area contributed by atoms with E-state index in [0.717, 1.165) is 40.1 Å². The Bertz CT molecular complexity index is 1050. The van der Waals surface area contributed by atoms with Crippen LogP contribution in [0, 0.1) is 13.8 Å². The standard InChI is InChI=1S/C22H21N3OS/c1-4-5-20-13(2)10-16(27-20)11-19-18-12-17(15-6-8-23-9-7-15)14(3)24-21(18)25-22(19)26/h6-12H,4-5H2,1-3H3,(H,24,25,26). The molecule has 4 heterocycles. The molecule has 3 aromatic rings. The zero-order valence-corrected chi connectivity index (χ0v) is 16.5. The summed E-state index contributed by atoms with van der Waals surface area (Å²) in [5, 5.41) is 2.91.